The van der Waals surface area contributed by atoms with Crippen LogP contribution in [0.25, 0.3) is 22.2 Å². The van der Waals surface area contributed by atoms with E-state index in [0.717, 1.165) is 13.0 Å². The number of hydrogen-bond acceptors (Lipinski definition) is 9. The Morgan fingerprint density at radius 1 is 1.20 bits per heavy atom. The van der Waals surface area contributed by atoms with Gasteiger partial charge in [0.2, 0.25) is 11.8 Å². The zero-order valence-electron chi connectivity index (χ0n) is 22.7. The Labute approximate surface area is 232 Å². The number of nitrogen functional groups attached to an aromatic ring is 1. The molecule has 4 heterocycles. The van der Waals surface area contributed by atoms with E-state index in [1.165, 1.54) is 0 Å². The van der Waals surface area contributed by atoms with Crippen LogP contribution in [0.3, 0.4) is 0 Å². The standard InChI is InChI=1S/C27H29F5N8O/c1-13-4-8-35-9-10-36-23-17-22(38-25(39-23)40-11-6-26(40,3)5-7-33)20(29)21(37-24(17)41-13)15-12-16(34)19(28)14(2)18(15)27(30,31)32/h12-13,35H,4-6,8-11,34H2,1-3H3,(H,36,38,39)/t13-,26+/m0/s1. The van der Waals surface area contributed by atoms with Gasteiger partial charge in [-0.3, -0.25) is 0 Å². The number of ether oxygens (including phenoxy) is 1. The van der Waals surface area contributed by atoms with Crippen molar-refractivity contribution in [2.24, 2.45) is 0 Å². The number of hydrogen-bond donors (Lipinski definition) is 3. The molecule has 1 fully saturated rings. The van der Waals surface area contributed by atoms with Crippen molar-refractivity contribution in [3.63, 3.8) is 0 Å². The molecular weight excluding hydrogens is 547 g/mol. The van der Waals surface area contributed by atoms with Crippen LogP contribution in [0.2, 0.25) is 0 Å². The monoisotopic (exact) mass is 576 g/mol. The number of alkyl halides is 3. The normalized spacial score (nSPS) is 21.3. The molecule has 41 heavy (non-hydrogen) atoms. The van der Waals surface area contributed by atoms with Crippen LogP contribution in [0.1, 0.15) is 44.2 Å². The minimum atomic E-state index is -5.05. The third kappa shape index (κ3) is 5.03. The summed E-state index contributed by atoms with van der Waals surface area (Å²) in [6, 6.07) is 2.87. The summed E-state index contributed by atoms with van der Waals surface area (Å²) in [6.07, 6.45) is -4.14. The first kappa shape index (κ1) is 28.5. The molecule has 3 aromatic rings. The second-order valence-electron chi connectivity index (χ2n) is 10.6. The van der Waals surface area contributed by atoms with Crippen LogP contribution in [0.5, 0.6) is 5.88 Å². The van der Waals surface area contributed by atoms with Crippen molar-refractivity contribution in [2.75, 3.05) is 42.1 Å². The quantitative estimate of drug-likeness (QED) is 0.294. The predicted molar refractivity (Wildman–Crippen MR) is 144 cm³/mol. The number of pyridine rings is 1. The minimum Gasteiger partial charge on any atom is -0.474 e. The Balaban J connectivity index is 1.84. The molecule has 5 rings (SSSR count). The maximum atomic E-state index is 16.5. The number of rotatable bonds is 3. The van der Waals surface area contributed by atoms with Gasteiger partial charge < -0.3 is 26.0 Å². The Morgan fingerprint density at radius 3 is 2.61 bits per heavy atom. The first-order valence-corrected chi connectivity index (χ1v) is 13.2. The van der Waals surface area contributed by atoms with Gasteiger partial charge in [-0.25, -0.2) is 18.7 Å². The highest BCUT2D eigenvalue weighted by Crippen LogP contribution is 2.45. The highest BCUT2D eigenvalue weighted by atomic mass is 19.4. The van der Waals surface area contributed by atoms with E-state index in [4.69, 9.17) is 10.5 Å². The zero-order valence-corrected chi connectivity index (χ0v) is 22.7. The minimum absolute atomic E-state index is 0.0617. The van der Waals surface area contributed by atoms with Crippen LogP contribution >= 0.6 is 0 Å². The Bertz CT molecular complexity index is 1560. The molecule has 4 N–H and O–H groups in total. The number of nitrogens with one attached hydrogen (secondary N) is 2. The molecule has 0 amide bonds. The predicted octanol–water partition coefficient (Wildman–Crippen LogP) is 4.93. The van der Waals surface area contributed by atoms with Gasteiger partial charge in [0.25, 0.3) is 0 Å². The van der Waals surface area contributed by atoms with Crippen LogP contribution in [0, 0.1) is 29.9 Å². The first-order valence-electron chi connectivity index (χ1n) is 13.2. The Hall–Kier alpha value is -3.99. The SMILES string of the molecule is Cc1c(F)c(N)cc(-c2nc3c4c(nc(N5CC[C@@]5(C)CC#N)nc4c2F)NCCNCC[C@H](C)O3)c1C(F)(F)F. The summed E-state index contributed by atoms with van der Waals surface area (Å²) in [5, 5.41) is 15.8. The van der Waals surface area contributed by atoms with Crippen molar-refractivity contribution < 1.29 is 26.7 Å². The fraction of sp³-hybridized carbons (Fsp3) is 0.481. The van der Waals surface area contributed by atoms with Gasteiger partial charge in [0.05, 0.1) is 35.4 Å². The summed E-state index contributed by atoms with van der Waals surface area (Å²) < 4.78 is 79.9. The van der Waals surface area contributed by atoms with Crippen LogP contribution < -0.4 is 26.0 Å². The molecule has 2 atom stereocenters. The van der Waals surface area contributed by atoms with Crippen molar-refractivity contribution in [3.8, 4) is 23.2 Å². The molecule has 218 valence electrons. The van der Waals surface area contributed by atoms with Gasteiger partial charge in [-0.05, 0) is 51.8 Å². The molecule has 0 unspecified atom stereocenters. The molecule has 1 saturated heterocycles. The molecule has 0 bridgehead atoms. The summed E-state index contributed by atoms with van der Waals surface area (Å²) >= 11 is 0. The number of nitrogens with two attached hydrogens (primary N) is 1. The number of benzene rings is 1. The van der Waals surface area contributed by atoms with Crippen molar-refractivity contribution in [1.82, 2.24) is 20.3 Å². The maximum absolute atomic E-state index is 16.5. The van der Waals surface area contributed by atoms with Crippen LogP contribution in [-0.2, 0) is 6.18 Å². The highest BCUT2D eigenvalue weighted by molar-refractivity contribution is 5.97. The van der Waals surface area contributed by atoms with Gasteiger partial charge >= 0.3 is 6.18 Å². The fourth-order valence-corrected chi connectivity index (χ4v) is 5.26. The molecule has 0 aliphatic carbocycles. The average molecular weight is 577 g/mol. The number of nitrogens with zero attached hydrogens (tertiary/aromatic N) is 5. The largest absolute Gasteiger partial charge is 0.474 e. The summed E-state index contributed by atoms with van der Waals surface area (Å²) in [6.45, 7) is 6.57. The topological polar surface area (TPSA) is 125 Å². The van der Waals surface area contributed by atoms with Crippen molar-refractivity contribution in [1.29, 1.82) is 5.26 Å². The van der Waals surface area contributed by atoms with Gasteiger partial charge in [-0.2, -0.15) is 23.4 Å². The maximum Gasteiger partial charge on any atom is 0.417 e. The molecule has 2 aliphatic rings. The molecule has 9 nitrogen and oxygen atoms in total. The van der Waals surface area contributed by atoms with E-state index in [9.17, 15) is 22.8 Å². The van der Waals surface area contributed by atoms with Gasteiger partial charge in [-0.15, -0.1) is 0 Å². The van der Waals surface area contributed by atoms with Gasteiger partial charge in [-0.1, -0.05) is 0 Å². The van der Waals surface area contributed by atoms with Gasteiger partial charge in [0.1, 0.15) is 28.2 Å². The summed E-state index contributed by atoms with van der Waals surface area (Å²) in [5.41, 5.74) is 0.570. The molecule has 0 radical (unpaired) electrons. The Kier molecular flexibility index (Phi) is 7.27. The van der Waals surface area contributed by atoms with E-state index in [2.05, 4.69) is 31.7 Å². The lowest BCUT2D eigenvalue weighted by atomic mass is 9.84. The van der Waals surface area contributed by atoms with Crippen LogP contribution in [0.15, 0.2) is 6.07 Å². The average Bonchev–Trinajstić information content (AvgIpc) is 2.92. The number of anilines is 3. The van der Waals surface area contributed by atoms with E-state index in [0.29, 0.717) is 39.0 Å². The summed E-state index contributed by atoms with van der Waals surface area (Å²) in [5.74, 6) is -2.29. The van der Waals surface area contributed by atoms with E-state index in [-0.39, 0.29) is 35.0 Å². The smallest absolute Gasteiger partial charge is 0.417 e. The lowest BCUT2D eigenvalue weighted by Crippen LogP contribution is -2.58. The van der Waals surface area contributed by atoms with E-state index in [1.54, 1.807) is 11.8 Å². The second kappa shape index (κ2) is 10.4. The van der Waals surface area contributed by atoms with Crippen molar-refractivity contribution in [2.45, 2.75) is 57.9 Å². The molecule has 0 spiro atoms. The van der Waals surface area contributed by atoms with Crippen molar-refractivity contribution in [3.05, 3.63) is 28.8 Å². The third-order valence-electron chi connectivity index (χ3n) is 7.67. The molecule has 2 aliphatic heterocycles. The van der Waals surface area contributed by atoms with Crippen molar-refractivity contribution >= 4 is 28.4 Å². The third-order valence-corrected chi connectivity index (χ3v) is 7.67. The second-order valence-corrected chi connectivity index (χ2v) is 10.6. The van der Waals surface area contributed by atoms with E-state index in [1.807, 2.05) is 6.92 Å². The fourth-order valence-electron chi connectivity index (χ4n) is 5.26. The van der Waals surface area contributed by atoms with Gasteiger partial charge in [0, 0.05) is 25.2 Å². The summed E-state index contributed by atoms with van der Waals surface area (Å²) in [7, 11) is 0. The number of nitriles is 1. The molecular formula is C27H29F5N8O. The first-order chi connectivity index (χ1) is 19.4. The summed E-state index contributed by atoms with van der Waals surface area (Å²) in [4.78, 5) is 15.1. The van der Waals surface area contributed by atoms with Crippen LogP contribution in [-0.4, -0.2) is 52.8 Å². The molecule has 0 saturated carbocycles. The molecule has 2 aromatic heterocycles. The molecule has 1 aromatic carbocycles. The highest BCUT2D eigenvalue weighted by Gasteiger charge is 2.43. The van der Waals surface area contributed by atoms with E-state index < -0.39 is 57.5 Å². The zero-order chi connectivity index (χ0) is 29.7. The molecule has 14 heteroatoms. The number of aromatic nitrogens is 3. The van der Waals surface area contributed by atoms with Crippen LogP contribution in [0.4, 0.5) is 39.4 Å². The number of halogens is 5. The lowest BCUT2D eigenvalue weighted by molar-refractivity contribution is -0.137. The van der Waals surface area contributed by atoms with Gasteiger partial charge in [0.15, 0.2) is 5.82 Å². The Morgan fingerprint density at radius 2 is 1.95 bits per heavy atom. The van der Waals surface area contributed by atoms with E-state index >= 15 is 4.39 Å². The lowest BCUT2D eigenvalue weighted by Gasteiger charge is -2.49.